The Labute approximate surface area is 207 Å². The number of amides is 1. The molecule has 35 heavy (non-hydrogen) atoms. The summed E-state index contributed by atoms with van der Waals surface area (Å²) in [7, 11) is 0. The first-order chi connectivity index (χ1) is 17.1. The lowest BCUT2D eigenvalue weighted by Gasteiger charge is -2.11. The Morgan fingerprint density at radius 1 is 0.886 bits per heavy atom. The molecule has 0 saturated carbocycles. The molecule has 5 aromatic rings. The van der Waals surface area contributed by atoms with Gasteiger partial charge in [0.15, 0.2) is 10.7 Å². The molecule has 0 bridgehead atoms. The van der Waals surface area contributed by atoms with Crippen LogP contribution in [0.3, 0.4) is 0 Å². The van der Waals surface area contributed by atoms with Crippen LogP contribution in [0.25, 0.3) is 22.6 Å². The molecule has 5 rings (SSSR count). The molecule has 4 aromatic carbocycles. The van der Waals surface area contributed by atoms with Crippen LogP contribution in [-0.4, -0.2) is 16.0 Å². The fraction of sp³-hybridized carbons (Fsp3) is 0.0357. The molecular formula is C28H21N3O3S. The number of carbonyl (C=O) groups is 1. The number of oxazole rings is 1. The molecular weight excluding hydrogens is 458 g/mol. The lowest BCUT2D eigenvalue weighted by Crippen LogP contribution is -2.34. The summed E-state index contributed by atoms with van der Waals surface area (Å²) < 4.78 is 11.7. The molecule has 0 aliphatic carbocycles. The highest BCUT2D eigenvalue weighted by Gasteiger charge is 2.12. The monoisotopic (exact) mass is 479 g/mol. The van der Waals surface area contributed by atoms with Gasteiger partial charge in [0.1, 0.15) is 17.9 Å². The number of fused-ring (bicyclic) bond motifs is 1. The second-order valence-corrected chi connectivity index (χ2v) is 8.19. The standard InChI is InChI=1S/C28H21N3O3S/c32-26(21-12-7-13-23(16-21)33-18-19-8-3-1-4-9-19)31-28(35)29-22-14-15-25-24(17-22)30-27(34-25)20-10-5-2-6-11-20/h1-17H,18H2,(H2,29,31,32,35). The predicted octanol–water partition coefficient (Wildman–Crippen LogP) is 6.20. The lowest BCUT2D eigenvalue weighted by molar-refractivity contribution is 0.0977. The summed E-state index contributed by atoms with van der Waals surface area (Å²) in [6, 6.07) is 32.0. The smallest absolute Gasteiger partial charge is 0.257 e. The lowest BCUT2D eigenvalue weighted by atomic mass is 10.2. The van der Waals surface area contributed by atoms with E-state index in [1.54, 1.807) is 18.2 Å². The SMILES string of the molecule is O=C(NC(=S)Nc1ccc2oc(-c3ccccc3)nc2c1)c1cccc(OCc2ccccc2)c1. The number of aromatic nitrogens is 1. The summed E-state index contributed by atoms with van der Waals surface area (Å²) in [6.45, 7) is 0.419. The molecule has 1 amide bonds. The van der Waals surface area contributed by atoms with Crippen LogP contribution in [0.1, 0.15) is 15.9 Å². The zero-order chi connectivity index (χ0) is 24.0. The largest absolute Gasteiger partial charge is 0.489 e. The van der Waals surface area contributed by atoms with Crippen molar-refractivity contribution in [3.05, 3.63) is 114 Å². The van der Waals surface area contributed by atoms with E-state index < -0.39 is 0 Å². The summed E-state index contributed by atoms with van der Waals surface area (Å²) in [6.07, 6.45) is 0. The molecule has 0 radical (unpaired) electrons. The Bertz CT molecular complexity index is 1480. The van der Waals surface area contributed by atoms with Gasteiger partial charge in [-0.3, -0.25) is 10.1 Å². The number of ether oxygens (including phenoxy) is 1. The van der Waals surface area contributed by atoms with E-state index >= 15 is 0 Å². The Balaban J connectivity index is 1.21. The van der Waals surface area contributed by atoms with Crippen molar-refractivity contribution in [2.45, 2.75) is 6.61 Å². The van der Waals surface area contributed by atoms with Crippen molar-refractivity contribution in [2.75, 3.05) is 5.32 Å². The second-order valence-electron chi connectivity index (χ2n) is 7.78. The van der Waals surface area contributed by atoms with Crippen LogP contribution in [0.15, 0.2) is 108 Å². The molecule has 0 aliphatic heterocycles. The second kappa shape index (κ2) is 10.2. The average molecular weight is 480 g/mol. The zero-order valence-corrected chi connectivity index (χ0v) is 19.4. The zero-order valence-electron chi connectivity index (χ0n) is 18.6. The van der Waals surface area contributed by atoms with E-state index in [9.17, 15) is 4.79 Å². The van der Waals surface area contributed by atoms with Gasteiger partial charge < -0.3 is 14.5 Å². The number of hydrogen-bond donors (Lipinski definition) is 2. The number of anilines is 1. The molecule has 1 heterocycles. The van der Waals surface area contributed by atoms with Gasteiger partial charge >= 0.3 is 0 Å². The van der Waals surface area contributed by atoms with E-state index in [1.165, 1.54) is 0 Å². The molecule has 1 aromatic heterocycles. The van der Waals surface area contributed by atoms with Gasteiger partial charge in [0.2, 0.25) is 5.89 Å². The Hall–Kier alpha value is -4.49. The Morgan fingerprint density at radius 3 is 2.46 bits per heavy atom. The van der Waals surface area contributed by atoms with Crippen molar-refractivity contribution in [3.8, 4) is 17.2 Å². The number of rotatable bonds is 6. The van der Waals surface area contributed by atoms with Gasteiger partial charge in [-0.1, -0.05) is 54.6 Å². The van der Waals surface area contributed by atoms with E-state index in [-0.39, 0.29) is 11.0 Å². The summed E-state index contributed by atoms with van der Waals surface area (Å²) >= 11 is 5.35. The van der Waals surface area contributed by atoms with E-state index in [0.29, 0.717) is 40.6 Å². The fourth-order valence-electron chi connectivity index (χ4n) is 3.52. The predicted molar refractivity (Wildman–Crippen MR) is 140 cm³/mol. The van der Waals surface area contributed by atoms with Crippen LogP contribution >= 0.6 is 12.2 Å². The molecule has 172 valence electrons. The first-order valence-electron chi connectivity index (χ1n) is 11.0. The number of nitrogens with one attached hydrogen (secondary N) is 2. The highest BCUT2D eigenvalue weighted by molar-refractivity contribution is 7.80. The summed E-state index contributed by atoms with van der Waals surface area (Å²) in [5.41, 5.74) is 4.43. The Kier molecular flexibility index (Phi) is 6.50. The van der Waals surface area contributed by atoms with E-state index in [1.807, 2.05) is 84.9 Å². The number of carbonyl (C=O) groups excluding carboxylic acids is 1. The Morgan fingerprint density at radius 2 is 1.66 bits per heavy atom. The molecule has 0 aliphatic rings. The van der Waals surface area contributed by atoms with E-state index in [0.717, 1.165) is 11.1 Å². The average Bonchev–Trinajstić information content (AvgIpc) is 3.32. The van der Waals surface area contributed by atoms with Crippen molar-refractivity contribution in [1.82, 2.24) is 10.3 Å². The normalized spacial score (nSPS) is 10.6. The minimum Gasteiger partial charge on any atom is -0.489 e. The fourth-order valence-corrected chi connectivity index (χ4v) is 3.73. The summed E-state index contributed by atoms with van der Waals surface area (Å²) in [5.74, 6) is 0.815. The van der Waals surface area contributed by atoms with Crippen LogP contribution in [0.4, 0.5) is 5.69 Å². The van der Waals surface area contributed by atoms with Crippen LogP contribution < -0.4 is 15.4 Å². The maximum absolute atomic E-state index is 12.7. The molecule has 6 nitrogen and oxygen atoms in total. The minimum atomic E-state index is -0.332. The molecule has 2 N–H and O–H groups in total. The number of thiocarbonyl (C=S) groups is 1. The molecule has 0 fully saturated rings. The number of hydrogen-bond acceptors (Lipinski definition) is 5. The highest BCUT2D eigenvalue weighted by Crippen LogP contribution is 2.26. The molecule has 0 atom stereocenters. The van der Waals surface area contributed by atoms with E-state index in [2.05, 4.69) is 15.6 Å². The minimum absolute atomic E-state index is 0.178. The third-order valence-corrected chi connectivity index (χ3v) is 5.44. The van der Waals surface area contributed by atoms with Crippen LogP contribution in [0.5, 0.6) is 5.75 Å². The molecule has 7 heteroatoms. The summed E-state index contributed by atoms with van der Waals surface area (Å²) in [4.78, 5) is 17.3. The maximum Gasteiger partial charge on any atom is 0.257 e. The van der Waals surface area contributed by atoms with Gasteiger partial charge in [0, 0.05) is 16.8 Å². The topological polar surface area (TPSA) is 76.4 Å². The van der Waals surface area contributed by atoms with Gasteiger partial charge in [-0.05, 0) is 66.3 Å². The molecule has 0 spiro atoms. The molecule has 0 unspecified atom stereocenters. The van der Waals surface area contributed by atoms with E-state index in [4.69, 9.17) is 21.4 Å². The van der Waals surface area contributed by atoms with Gasteiger partial charge in [0.05, 0.1) is 0 Å². The summed E-state index contributed by atoms with van der Waals surface area (Å²) in [5, 5.41) is 5.92. The quantitative estimate of drug-likeness (QED) is 0.282. The van der Waals surface area contributed by atoms with Gasteiger partial charge in [-0.15, -0.1) is 0 Å². The maximum atomic E-state index is 12.7. The van der Waals surface area contributed by atoms with Crippen LogP contribution in [-0.2, 0) is 6.61 Å². The van der Waals surface area contributed by atoms with Crippen LogP contribution in [0.2, 0.25) is 0 Å². The molecule has 0 saturated heterocycles. The van der Waals surface area contributed by atoms with Crippen molar-refractivity contribution in [2.24, 2.45) is 0 Å². The van der Waals surface area contributed by atoms with Crippen molar-refractivity contribution in [1.29, 1.82) is 0 Å². The van der Waals surface area contributed by atoms with Crippen LogP contribution in [0, 0.1) is 0 Å². The van der Waals surface area contributed by atoms with Crippen molar-refractivity contribution >= 4 is 40.0 Å². The first-order valence-corrected chi connectivity index (χ1v) is 11.4. The van der Waals surface area contributed by atoms with Crippen molar-refractivity contribution < 1.29 is 13.9 Å². The number of nitrogens with zero attached hydrogens (tertiary/aromatic N) is 1. The first kappa shape index (κ1) is 22.3. The third kappa shape index (κ3) is 5.54. The van der Waals surface area contributed by atoms with Gasteiger partial charge in [-0.25, -0.2) is 4.98 Å². The van der Waals surface area contributed by atoms with Gasteiger partial charge in [0.25, 0.3) is 5.91 Å². The van der Waals surface area contributed by atoms with Crippen molar-refractivity contribution in [3.63, 3.8) is 0 Å². The number of benzene rings is 4. The highest BCUT2D eigenvalue weighted by atomic mass is 32.1. The van der Waals surface area contributed by atoms with Gasteiger partial charge in [-0.2, -0.15) is 0 Å². The third-order valence-electron chi connectivity index (χ3n) is 5.24.